The Morgan fingerprint density at radius 3 is 2.88 bits per heavy atom. The van der Waals surface area contributed by atoms with Crippen LogP contribution in [0.4, 0.5) is 0 Å². The van der Waals surface area contributed by atoms with Crippen LogP contribution in [0, 0.1) is 17.2 Å². The van der Waals surface area contributed by atoms with Crippen LogP contribution in [0.2, 0.25) is 0 Å². The van der Waals surface area contributed by atoms with Gasteiger partial charge in [-0.1, -0.05) is 6.92 Å². The summed E-state index contributed by atoms with van der Waals surface area (Å²) in [6.07, 6.45) is 5.90. The zero-order valence-corrected chi connectivity index (χ0v) is 10.3. The summed E-state index contributed by atoms with van der Waals surface area (Å²) in [7, 11) is 0. The van der Waals surface area contributed by atoms with Gasteiger partial charge in [0.2, 0.25) is 0 Å². The molecule has 0 radical (unpaired) electrons. The zero-order chi connectivity index (χ0) is 11.4. The molecule has 1 aliphatic heterocycles. The second kappa shape index (κ2) is 5.65. The molecule has 1 saturated heterocycles. The van der Waals surface area contributed by atoms with Crippen molar-refractivity contribution in [2.75, 3.05) is 19.6 Å². The van der Waals surface area contributed by atoms with E-state index in [2.05, 4.69) is 23.2 Å². The monoisotopic (exact) mass is 221 g/mol. The van der Waals surface area contributed by atoms with Gasteiger partial charge >= 0.3 is 0 Å². The highest BCUT2D eigenvalue weighted by molar-refractivity contribution is 4.90. The summed E-state index contributed by atoms with van der Waals surface area (Å²) in [5.74, 6) is 0.813. The summed E-state index contributed by atoms with van der Waals surface area (Å²) in [6, 6.07) is 3.58. The quantitative estimate of drug-likeness (QED) is 0.742. The minimum Gasteiger partial charge on any atom is -0.313 e. The fourth-order valence-corrected chi connectivity index (χ4v) is 2.60. The molecule has 2 aliphatic rings. The van der Waals surface area contributed by atoms with Gasteiger partial charge in [-0.05, 0) is 44.7 Å². The summed E-state index contributed by atoms with van der Waals surface area (Å²) >= 11 is 0. The van der Waals surface area contributed by atoms with E-state index >= 15 is 0 Å². The molecule has 2 unspecified atom stereocenters. The maximum absolute atomic E-state index is 8.68. The molecule has 3 heteroatoms. The Morgan fingerprint density at radius 2 is 2.25 bits per heavy atom. The summed E-state index contributed by atoms with van der Waals surface area (Å²) in [5.41, 5.74) is 0. The van der Waals surface area contributed by atoms with Crippen LogP contribution in [0.3, 0.4) is 0 Å². The first-order chi connectivity index (χ1) is 7.83. The van der Waals surface area contributed by atoms with E-state index in [4.69, 9.17) is 5.26 Å². The Morgan fingerprint density at radius 1 is 1.44 bits per heavy atom. The van der Waals surface area contributed by atoms with Gasteiger partial charge in [-0.25, -0.2) is 0 Å². The molecular formula is C13H23N3. The van der Waals surface area contributed by atoms with Crippen LogP contribution in [0.5, 0.6) is 0 Å². The van der Waals surface area contributed by atoms with E-state index in [1.165, 1.54) is 32.4 Å². The maximum atomic E-state index is 8.68. The lowest BCUT2D eigenvalue weighted by Gasteiger charge is -2.18. The van der Waals surface area contributed by atoms with Crippen molar-refractivity contribution in [3.63, 3.8) is 0 Å². The van der Waals surface area contributed by atoms with Crippen molar-refractivity contribution in [1.29, 1.82) is 5.26 Å². The first-order valence-corrected chi connectivity index (χ1v) is 6.67. The number of hydrogen-bond donors (Lipinski definition) is 1. The number of nitriles is 1. The molecule has 2 atom stereocenters. The fourth-order valence-electron chi connectivity index (χ4n) is 2.60. The second-order valence-electron chi connectivity index (χ2n) is 5.26. The van der Waals surface area contributed by atoms with E-state index in [0.29, 0.717) is 12.5 Å². The third-order valence-electron chi connectivity index (χ3n) is 3.91. The molecule has 1 heterocycles. The van der Waals surface area contributed by atoms with Gasteiger partial charge in [0.05, 0.1) is 12.5 Å². The van der Waals surface area contributed by atoms with Crippen molar-refractivity contribution < 1.29 is 0 Å². The van der Waals surface area contributed by atoms with Crippen molar-refractivity contribution in [1.82, 2.24) is 10.2 Å². The van der Waals surface area contributed by atoms with Gasteiger partial charge in [0, 0.05) is 18.6 Å². The number of hydrogen-bond acceptors (Lipinski definition) is 3. The van der Waals surface area contributed by atoms with Crippen molar-refractivity contribution in [2.45, 2.75) is 51.1 Å². The molecule has 0 bridgehead atoms. The lowest BCUT2D eigenvalue weighted by molar-refractivity contribution is 0.309. The highest BCUT2D eigenvalue weighted by Crippen LogP contribution is 2.31. The molecule has 0 spiro atoms. The molecule has 3 nitrogen and oxygen atoms in total. The minimum absolute atomic E-state index is 0.403. The van der Waals surface area contributed by atoms with Gasteiger partial charge in [-0.3, -0.25) is 0 Å². The zero-order valence-electron chi connectivity index (χ0n) is 10.3. The van der Waals surface area contributed by atoms with Crippen LogP contribution in [0.1, 0.15) is 39.0 Å². The van der Waals surface area contributed by atoms with Gasteiger partial charge in [0.25, 0.3) is 0 Å². The first kappa shape index (κ1) is 11.9. The van der Waals surface area contributed by atoms with Gasteiger partial charge < -0.3 is 10.2 Å². The Balaban J connectivity index is 1.64. The SMILES string of the molecule is CCC(CC#N)NCC1CCN(C2CC2)C1. The fraction of sp³-hybridized carbons (Fsp3) is 0.923. The lowest BCUT2D eigenvalue weighted by atomic mass is 10.1. The average molecular weight is 221 g/mol. The van der Waals surface area contributed by atoms with E-state index in [-0.39, 0.29) is 0 Å². The third kappa shape index (κ3) is 3.20. The lowest BCUT2D eigenvalue weighted by Crippen LogP contribution is -2.34. The van der Waals surface area contributed by atoms with Crippen molar-refractivity contribution >= 4 is 0 Å². The number of likely N-dealkylation sites (tertiary alicyclic amines) is 1. The predicted molar refractivity (Wildman–Crippen MR) is 65.0 cm³/mol. The van der Waals surface area contributed by atoms with E-state index < -0.39 is 0 Å². The van der Waals surface area contributed by atoms with E-state index in [1.807, 2.05) is 0 Å². The summed E-state index contributed by atoms with van der Waals surface area (Å²) < 4.78 is 0. The normalized spacial score (nSPS) is 27.9. The standard InChI is InChI=1S/C13H23N3/c1-2-12(5-7-14)15-9-11-6-8-16(10-11)13-3-4-13/h11-13,15H,2-6,8-10H2,1H3. The number of rotatable bonds is 6. The van der Waals surface area contributed by atoms with Crippen LogP contribution in [-0.4, -0.2) is 36.6 Å². The molecule has 90 valence electrons. The molecule has 1 saturated carbocycles. The molecule has 0 aromatic heterocycles. The molecule has 0 aromatic rings. The van der Waals surface area contributed by atoms with E-state index in [0.717, 1.165) is 24.9 Å². The van der Waals surface area contributed by atoms with Gasteiger partial charge in [0.15, 0.2) is 0 Å². The number of nitrogens with zero attached hydrogens (tertiary/aromatic N) is 2. The Labute approximate surface area is 98.8 Å². The first-order valence-electron chi connectivity index (χ1n) is 6.67. The number of nitrogens with one attached hydrogen (secondary N) is 1. The molecule has 2 rings (SSSR count). The van der Waals surface area contributed by atoms with Gasteiger partial charge in [0.1, 0.15) is 0 Å². The van der Waals surface area contributed by atoms with E-state index in [1.54, 1.807) is 0 Å². The molecule has 2 fully saturated rings. The Kier molecular flexibility index (Phi) is 4.20. The Bertz CT molecular complexity index is 254. The van der Waals surface area contributed by atoms with Crippen LogP contribution in [-0.2, 0) is 0 Å². The minimum atomic E-state index is 0.403. The summed E-state index contributed by atoms with van der Waals surface area (Å²) in [4.78, 5) is 2.65. The maximum Gasteiger partial charge on any atom is 0.0638 e. The molecule has 0 amide bonds. The van der Waals surface area contributed by atoms with Crippen LogP contribution >= 0.6 is 0 Å². The molecule has 1 N–H and O–H groups in total. The van der Waals surface area contributed by atoms with Crippen LogP contribution in [0.25, 0.3) is 0 Å². The molecular weight excluding hydrogens is 198 g/mol. The predicted octanol–water partition coefficient (Wildman–Crippen LogP) is 1.75. The van der Waals surface area contributed by atoms with Crippen LogP contribution < -0.4 is 5.32 Å². The van der Waals surface area contributed by atoms with Crippen LogP contribution in [0.15, 0.2) is 0 Å². The van der Waals surface area contributed by atoms with Crippen molar-refractivity contribution in [2.24, 2.45) is 5.92 Å². The molecule has 1 aliphatic carbocycles. The van der Waals surface area contributed by atoms with Crippen molar-refractivity contribution in [3.05, 3.63) is 0 Å². The molecule has 16 heavy (non-hydrogen) atoms. The highest BCUT2D eigenvalue weighted by Gasteiger charge is 2.34. The molecule has 0 aromatic carbocycles. The van der Waals surface area contributed by atoms with E-state index in [9.17, 15) is 0 Å². The summed E-state index contributed by atoms with van der Waals surface area (Å²) in [6.45, 7) is 5.83. The second-order valence-corrected chi connectivity index (χ2v) is 5.26. The summed E-state index contributed by atoms with van der Waals surface area (Å²) in [5, 5.41) is 12.2. The third-order valence-corrected chi connectivity index (χ3v) is 3.91. The largest absolute Gasteiger partial charge is 0.313 e. The van der Waals surface area contributed by atoms with Gasteiger partial charge in [-0.15, -0.1) is 0 Å². The average Bonchev–Trinajstić information content (AvgIpc) is 3.04. The smallest absolute Gasteiger partial charge is 0.0638 e. The topological polar surface area (TPSA) is 39.1 Å². The van der Waals surface area contributed by atoms with Gasteiger partial charge in [-0.2, -0.15) is 5.26 Å². The highest BCUT2D eigenvalue weighted by atomic mass is 15.2. The van der Waals surface area contributed by atoms with Crippen molar-refractivity contribution in [3.8, 4) is 6.07 Å². The Hall–Kier alpha value is -0.590.